The minimum atomic E-state index is 0.536. The lowest BCUT2D eigenvalue weighted by molar-refractivity contribution is 0.112. The van der Waals surface area contributed by atoms with Crippen LogP contribution in [0, 0.1) is 0 Å². The molecule has 1 aromatic heterocycles. The molecule has 0 aliphatic rings. The highest BCUT2D eigenvalue weighted by molar-refractivity contribution is 5.88. The van der Waals surface area contributed by atoms with Crippen molar-refractivity contribution in [2.45, 2.75) is 0 Å². The van der Waals surface area contributed by atoms with Gasteiger partial charge in [0.2, 0.25) is 5.88 Å². The maximum Gasteiger partial charge on any atom is 0.212 e. The summed E-state index contributed by atoms with van der Waals surface area (Å²) >= 11 is 0. The van der Waals surface area contributed by atoms with E-state index in [0.717, 1.165) is 17.4 Å². The molecular formula is C14H13NO3. The molecule has 0 saturated carbocycles. The Bertz CT molecular complexity index is 549. The number of benzene rings is 1. The molecule has 92 valence electrons. The summed E-state index contributed by atoms with van der Waals surface area (Å²) in [6.45, 7) is 0. The Hall–Kier alpha value is -2.36. The van der Waals surface area contributed by atoms with Gasteiger partial charge in [0.05, 0.1) is 14.2 Å². The van der Waals surface area contributed by atoms with E-state index in [2.05, 4.69) is 4.98 Å². The van der Waals surface area contributed by atoms with Crippen LogP contribution in [-0.4, -0.2) is 25.5 Å². The van der Waals surface area contributed by atoms with E-state index in [1.165, 1.54) is 0 Å². The number of aromatic nitrogens is 1. The van der Waals surface area contributed by atoms with Crippen LogP contribution in [0.2, 0.25) is 0 Å². The number of rotatable bonds is 4. The third-order valence-electron chi connectivity index (χ3n) is 2.64. The normalized spacial score (nSPS) is 9.89. The van der Waals surface area contributed by atoms with Gasteiger partial charge in [0.15, 0.2) is 6.29 Å². The lowest BCUT2D eigenvalue weighted by Crippen LogP contribution is -1.92. The van der Waals surface area contributed by atoms with Crippen molar-refractivity contribution < 1.29 is 14.3 Å². The zero-order valence-electron chi connectivity index (χ0n) is 10.2. The van der Waals surface area contributed by atoms with Crippen molar-refractivity contribution >= 4 is 6.29 Å². The molecule has 1 heterocycles. The number of aldehydes is 1. The first-order valence-corrected chi connectivity index (χ1v) is 5.42. The fraction of sp³-hybridized carbons (Fsp3) is 0.143. The molecule has 18 heavy (non-hydrogen) atoms. The van der Waals surface area contributed by atoms with Crippen molar-refractivity contribution in [3.8, 4) is 22.8 Å². The molecule has 0 saturated heterocycles. The summed E-state index contributed by atoms with van der Waals surface area (Å²) in [6, 6.07) is 8.90. The molecule has 0 spiro atoms. The fourth-order valence-corrected chi connectivity index (χ4v) is 1.68. The zero-order valence-corrected chi connectivity index (χ0v) is 10.2. The monoisotopic (exact) mass is 243 g/mol. The number of methoxy groups -OCH3 is 2. The second kappa shape index (κ2) is 5.31. The van der Waals surface area contributed by atoms with Crippen LogP contribution in [0.3, 0.4) is 0 Å². The van der Waals surface area contributed by atoms with E-state index in [1.54, 1.807) is 38.6 Å². The van der Waals surface area contributed by atoms with Crippen LogP contribution < -0.4 is 9.47 Å². The number of nitrogens with zero attached hydrogens (tertiary/aromatic N) is 1. The van der Waals surface area contributed by atoms with Crippen LogP contribution in [-0.2, 0) is 0 Å². The Morgan fingerprint density at radius 1 is 1.11 bits per heavy atom. The smallest absolute Gasteiger partial charge is 0.212 e. The summed E-state index contributed by atoms with van der Waals surface area (Å²) in [5.74, 6) is 1.24. The average Bonchev–Trinajstić information content (AvgIpc) is 2.46. The van der Waals surface area contributed by atoms with Crippen LogP contribution in [0.15, 0.2) is 36.5 Å². The maximum atomic E-state index is 11.0. The Labute approximate surface area is 105 Å². The van der Waals surface area contributed by atoms with Gasteiger partial charge in [0, 0.05) is 23.4 Å². The van der Waals surface area contributed by atoms with Crippen LogP contribution >= 0.6 is 0 Å². The van der Waals surface area contributed by atoms with Crippen molar-refractivity contribution in [1.29, 1.82) is 0 Å². The van der Waals surface area contributed by atoms with Crippen molar-refractivity contribution in [3.05, 3.63) is 42.1 Å². The number of pyridine rings is 1. The Morgan fingerprint density at radius 2 is 1.94 bits per heavy atom. The zero-order chi connectivity index (χ0) is 13.0. The van der Waals surface area contributed by atoms with Gasteiger partial charge in [-0.1, -0.05) is 0 Å². The highest BCUT2D eigenvalue weighted by Gasteiger charge is 2.07. The Kier molecular flexibility index (Phi) is 3.57. The van der Waals surface area contributed by atoms with E-state index >= 15 is 0 Å². The quantitative estimate of drug-likeness (QED) is 0.774. The van der Waals surface area contributed by atoms with Gasteiger partial charge < -0.3 is 9.47 Å². The highest BCUT2D eigenvalue weighted by atomic mass is 16.5. The molecular weight excluding hydrogens is 230 g/mol. The molecule has 0 fully saturated rings. The van der Waals surface area contributed by atoms with Gasteiger partial charge in [0.25, 0.3) is 0 Å². The number of carbonyl (C=O) groups is 1. The molecule has 4 heteroatoms. The third-order valence-corrected chi connectivity index (χ3v) is 2.64. The van der Waals surface area contributed by atoms with Crippen LogP contribution in [0.1, 0.15) is 10.4 Å². The van der Waals surface area contributed by atoms with E-state index in [1.807, 2.05) is 12.1 Å². The maximum absolute atomic E-state index is 11.0. The summed E-state index contributed by atoms with van der Waals surface area (Å²) in [4.78, 5) is 15.2. The third kappa shape index (κ3) is 2.32. The standard InChI is InChI=1S/C14H13NO3/c1-17-12-5-3-11(9-16)13(7-12)10-4-6-14(18-2)15-8-10/h3-9H,1-2H3. The largest absolute Gasteiger partial charge is 0.497 e. The Morgan fingerprint density at radius 3 is 2.50 bits per heavy atom. The summed E-state index contributed by atoms with van der Waals surface area (Å²) in [6.07, 6.45) is 2.49. The molecule has 2 rings (SSSR count). The second-order valence-electron chi connectivity index (χ2n) is 3.66. The molecule has 0 amide bonds. The van der Waals surface area contributed by atoms with Gasteiger partial charge in [-0.25, -0.2) is 4.98 Å². The lowest BCUT2D eigenvalue weighted by Gasteiger charge is -2.08. The van der Waals surface area contributed by atoms with Gasteiger partial charge in [-0.05, 0) is 29.8 Å². The fourth-order valence-electron chi connectivity index (χ4n) is 1.68. The molecule has 0 N–H and O–H groups in total. The molecule has 0 unspecified atom stereocenters. The predicted octanol–water partition coefficient (Wildman–Crippen LogP) is 2.58. The molecule has 0 aliphatic carbocycles. The molecule has 4 nitrogen and oxygen atoms in total. The average molecular weight is 243 g/mol. The summed E-state index contributed by atoms with van der Waals surface area (Å²) in [7, 11) is 3.15. The Balaban J connectivity index is 2.49. The van der Waals surface area contributed by atoms with Gasteiger partial charge in [-0.3, -0.25) is 4.79 Å². The van der Waals surface area contributed by atoms with Crippen LogP contribution in [0.4, 0.5) is 0 Å². The van der Waals surface area contributed by atoms with E-state index in [4.69, 9.17) is 9.47 Å². The number of ether oxygens (including phenoxy) is 2. The predicted molar refractivity (Wildman–Crippen MR) is 68.2 cm³/mol. The number of hydrogen-bond acceptors (Lipinski definition) is 4. The SMILES string of the molecule is COc1ccc(C=O)c(-c2ccc(OC)nc2)c1. The van der Waals surface area contributed by atoms with Gasteiger partial charge >= 0.3 is 0 Å². The number of carbonyl (C=O) groups excluding carboxylic acids is 1. The molecule has 1 aromatic carbocycles. The molecule has 0 radical (unpaired) electrons. The van der Waals surface area contributed by atoms with Crippen LogP contribution in [0.5, 0.6) is 11.6 Å². The first kappa shape index (κ1) is 12.1. The van der Waals surface area contributed by atoms with E-state index in [-0.39, 0.29) is 0 Å². The first-order valence-electron chi connectivity index (χ1n) is 5.42. The van der Waals surface area contributed by atoms with Gasteiger partial charge in [-0.2, -0.15) is 0 Å². The minimum Gasteiger partial charge on any atom is -0.497 e. The van der Waals surface area contributed by atoms with E-state index in [9.17, 15) is 4.79 Å². The molecule has 0 atom stereocenters. The summed E-state index contributed by atoms with van der Waals surface area (Å²) in [5, 5.41) is 0. The summed E-state index contributed by atoms with van der Waals surface area (Å²) in [5.41, 5.74) is 2.24. The van der Waals surface area contributed by atoms with Crippen molar-refractivity contribution in [1.82, 2.24) is 4.98 Å². The molecule has 0 bridgehead atoms. The second-order valence-corrected chi connectivity index (χ2v) is 3.66. The van der Waals surface area contributed by atoms with Gasteiger partial charge in [-0.15, -0.1) is 0 Å². The van der Waals surface area contributed by atoms with Crippen molar-refractivity contribution in [2.75, 3.05) is 14.2 Å². The minimum absolute atomic E-state index is 0.536. The topological polar surface area (TPSA) is 48.4 Å². The first-order chi connectivity index (χ1) is 8.78. The lowest BCUT2D eigenvalue weighted by atomic mass is 10.0. The van der Waals surface area contributed by atoms with E-state index in [0.29, 0.717) is 17.2 Å². The highest BCUT2D eigenvalue weighted by Crippen LogP contribution is 2.27. The van der Waals surface area contributed by atoms with Crippen molar-refractivity contribution in [2.24, 2.45) is 0 Å². The van der Waals surface area contributed by atoms with Crippen molar-refractivity contribution in [3.63, 3.8) is 0 Å². The van der Waals surface area contributed by atoms with Gasteiger partial charge in [0.1, 0.15) is 5.75 Å². The number of hydrogen-bond donors (Lipinski definition) is 0. The van der Waals surface area contributed by atoms with Crippen LogP contribution in [0.25, 0.3) is 11.1 Å². The molecule has 2 aromatic rings. The molecule has 0 aliphatic heterocycles. The summed E-state index contributed by atoms with van der Waals surface area (Å²) < 4.78 is 10.2. The van der Waals surface area contributed by atoms with E-state index < -0.39 is 0 Å².